The number of pyridine rings is 1. The van der Waals surface area contributed by atoms with Crippen LogP contribution in [0.4, 0.5) is 0 Å². The second kappa shape index (κ2) is 10.00. The minimum absolute atomic E-state index is 0.0642. The fraction of sp³-hybridized carbons (Fsp3) is 0.556. The van der Waals surface area contributed by atoms with Gasteiger partial charge in [0.1, 0.15) is 13.8 Å². The molecule has 3 rings (SSSR count). The number of aromatic nitrogens is 1. The average Bonchev–Trinajstić information content (AvgIpc) is 2.73. The summed E-state index contributed by atoms with van der Waals surface area (Å²) in [5.74, 6) is 4.04. The third-order valence-electron chi connectivity index (χ3n) is 7.26. The number of nitrogens with zero attached hydrogens (tertiary/aromatic N) is 1. The lowest BCUT2D eigenvalue weighted by Crippen LogP contribution is -2.43. The minimum Gasteiger partial charge on any atom is -0.348 e. The quantitative estimate of drug-likeness (QED) is 0.418. The highest BCUT2D eigenvalue weighted by atomic mass is 28.3. The van der Waals surface area contributed by atoms with Crippen molar-refractivity contribution < 1.29 is 4.79 Å². The van der Waals surface area contributed by atoms with Gasteiger partial charge in [0.15, 0.2) is 0 Å². The van der Waals surface area contributed by atoms with E-state index in [9.17, 15) is 4.79 Å². The standard InChI is InChI=1S/C27H38N2OSi/c1-19(2)31(20(3)4,21(5)6)17-15-22-10-9-12-24(18-22)29-27(30)26-25-13-8-7-11-23(25)14-16-28-26/h7-8,11,13-14,16,19-22,24H,9-10,12,18H2,1-6H3,(H,29,30). The Morgan fingerprint density at radius 2 is 1.71 bits per heavy atom. The topological polar surface area (TPSA) is 42.0 Å². The van der Waals surface area contributed by atoms with Crippen LogP contribution in [-0.4, -0.2) is 25.0 Å². The van der Waals surface area contributed by atoms with E-state index in [0.717, 1.165) is 36.5 Å². The van der Waals surface area contributed by atoms with Crippen LogP contribution in [0.3, 0.4) is 0 Å². The number of nitrogens with one attached hydrogen (secondary N) is 1. The molecule has 1 amide bonds. The van der Waals surface area contributed by atoms with E-state index in [4.69, 9.17) is 0 Å². The van der Waals surface area contributed by atoms with Crippen LogP contribution in [-0.2, 0) is 0 Å². The van der Waals surface area contributed by atoms with E-state index in [1.807, 2.05) is 30.3 Å². The lowest BCUT2D eigenvalue weighted by Gasteiger charge is -2.38. The highest BCUT2D eigenvalue weighted by Gasteiger charge is 2.41. The number of fused-ring (bicyclic) bond motifs is 1. The molecule has 1 heterocycles. The summed E-state index contributed by atoms with van der Waals surface area (Å²) in [6, 6.07) is 10.1. The van der Waals surface area contributed by atoms with Crippen molar-refractivity contribution >= 4 is 24.8 Å². The maximum Gasteiger partial charge on any atom is 0.270 e. The van der Waals surface area contributed by atoms with Crippen molar-refractivity contribution in [3.05, 3.63) is 42.2 Å². The zero-order valence-electron chi connectivity index (χ0n) is 20.0. The van der Waals surface area contributed by atoms with Gasteiger partial charge >= 0.3 is 0 Å². The lowest BCUT2D eigenvalue weighted by atomic mass is 9.86. The van der Waals surface area contributed by atoms with Crippen LogP contribution in [0.5, 0.6) is 0 Å². The molecule has 1 aromatic carbocycles. The Kier molecular flexibility index (Phi) is 7.59. The number of rotatable bonds is 5. The second-order valence-electron chi connectivity index (χ2n) is 10.1. The van der Waals surface area contributed by atoms with Crippen LogP contribution < -0.4 is 5.32 Å². The summed E-state index contributed by atoms with van der Waals surface area (Å²) >= 11 is 0. The molecule has 0 saturated heterocycles. The van der Waals surface area contributed by atoms with Crippen molar-refractivity contribution in [2.24, 2.45) is 5.92 Å². The first kappa shape index (κ1) is 23.5. The predicted octanol–water partition coefficient (Wildman–Crippen LogP) is 6.74. The van der Waals surface area contributed by atoms with Gasteiger partial charge in [-0.25, -0.2) is 0 Å². The lowest BCUT2D eigenvalue weighted by molar-refractivity contribution is 0.0920. The molecule has 2 atom stereocenters. The molecule has 2 unspecified atom stereocenters. The number of hydrogen-bond acceptors (Lipinski definition) is 2. The van der Waals surface area contributed by atoms with Gasteiger partial charge in [0, 0.05) is 23.5 Å². The van der Waals surface area contributed by atoms with E-state index >= 15 is 0 Å². The van der Waals surface area contributed by atoms with Crippen molar-refractivity contribution in [1.29, 1.82) is 0 Å². The summed E-state index contributed by atoms with van der Waals surface area (Å²) in [5, 5.41) is 5.23. The van der Waals surface area contributed by atoms with Crippen LogP contribution in [0.15, 0.2) is 36.5 Å². The zero-order valence-corrected chi connectivity index (χ0v) is 21.0. The fourth-order valence-electron chi connectivity index (χ4n) is 5.67. The van der Waals surface area contributed by atoms with Crippen molar-refractivity contribution in [1.82, 2.24) is 10.3 Å². The molecule has 0 radical (unpaired) electrons. The first-order valence-electron chi connectivity index (χ1n) is 11.9. The molecular weight excluding hydrogens is 396 g/mol. The van der Waals surface area contributed by atoms with E-state index in [0.29, 0.717) is 28.2 Å². The molecule has 2 aromatic rings. The Morgan fingerprint density at radius 3 is 2.39 bits per heavy atom. The largest absolute Gasteiger partial charge is 0.348 e. The van der Waals surface area contributed by atoms with Gasteiger partial charge in [-0.15, -0.1) is 11.5 Å². The van der Waals surface area contributed by atoms with Gasteiger partial charge in [-0.3, -0.25) is 9.78 Å². The number of amides is 1. The molecule has 31 heavy (non-hydrogen) atoms. The Labute approximate surface area is 189 Å². The van der Waals surface area contributed by atoms with Gasteiger partial charge in [-0.05, 0) is 47.3 Å². The van der Waals surface area contributed by atoms with Gasteiger partial charge in [0.2, 0.25) is 0 Å². The van der Waals surface area contributed by atoms with E-state index in [-0.39, 0.29) is 11.9 Å². The van der Waals surface area contributed by atoms with Crippen LogP contribution in [0.1, 0.15) is 77.7 Å². The van der Waals surface area contributed by atoms with E-state index < -0.39 is 8.07 Å². The van der Waals surface area contributed by atoms with Gasteiger partial charge in [0.25, 0.3) is 5.91 Å². The molecule has 1 N–H and O–H groups in total. The first-order chi connectivity index (χ1) is 14.8. The molecule has 1 aliphatic rings. The smallest absolute Gasteiger partial charge is 0.270 e. The molecule has 0 bridgehead atoms. The third-order valence-corrected chi connectivity index (χ3v) is 13.6. The minimum atomic E-state index is -1.71. The average molecular weight is 435 g/mol. The van der Waals surface area contributed by atoms with Gasteiger partial charge in [-0.2, -0.15) is 0 Å². The number of carbonyl (C=O) groups is 1. The molecule has 0 spiro atoms. The summed E-state index contributed by atoms with van der Waals surface area (Å²) in [6.07, 6.45) is 5.95. The van der Waals surface area contributed by atoms with Crippen molar-refractivity contribution in [3.63, 3.8) is 0 Å². The molecule has 166 valence electrons. The number of benzene rings is 1. The Morgan fingerprint density at radius 1 is 1.03 bits per heavy atom. The maximum atomic E-state index is 13.0. The van der Waals surface area contributed by atoms with Crippen molar-refractivity contribution in [2.45, 2.75) is 89.9 Å². The molecular formula is C27H38N2OSi. The first-order valence-corrected chi connectivity index (χ1v) is 14.2. The van der Waals surface area contributed by atoms with Gasteiger partial charge in [0.05, 0.1) is 0 Å². The maximum absolute atomic E-state index is 13.0. The molecule has 1 aliphatic carbocycles. The summed E-state index contributed by atoms with van der Waals surface area (Å²) < 4.78 is 0. The third kappa shape index (κ3) is 5.04. The Hall–Kier alpha value is -2.12. The molecule has 1 aromatic heterocycles. The molecule has 1 saturated carbocycles. The Bertz CT molecular complexity index is 943. The highest BCUT2D eigenvalue weighted by molar-refractivity contribution is 6.90. The number of hydrogen-bond donors (Lipinski definition) is 1. The van der Waals surface area contributed by atoms with Crippen molar-refractivity contribution in [2.75, 3.05) is 0 Å². The van der Waals surface area contributed by atoms with Crippen LogP contribution >= 0.6 is 0 Å². The summed E-state index contributed by atoms with van der Waals surface area (Å²) in [5.41, 5.74) is 6.37. The summed E-state index contributed by atoms with van der Waals surface area (Å²) in [4.78, 5) is 17.4. The SMILES string of the molecule is CC(C)[Si](C#CC1CCCC(NC(=O)c2nccc3ccccc23)C1)(C(C)C)C(C)C. The molecule has 0 aliphatic heterocycles. The van der Waals surface area contributed by atoms with E-state index in [1.165, 1.54) is 0 Å². The summed E-state index contributed by atoms with van der Waals surface area (Å²) in [6.45, 7) is 14.2. The fourth-order valence-corrected chi connectivity index (χ4v) is 11.0. The molecule has 1 fully saturated rings. The highest BCUT2D eigenvalue weighted by Crippen LogP contribution is 2.41. The monoisotopic (exact) mass is 434 g/mol. The van der Waals surface area contributed by atoms with E-state index in [2.05, 4.69) is 63.3 Å². The second-order valence-corrected chi connectivity index (χ2v) is 15.7. The number of carbonyl (C=O) groups excluding carboxylic acids is 1. The molecule has 4 heteroatoms. The van der Waals surface area contributed by atoms with Gasteiger partial charge < -0.3 is 5.32 Å². The Balaban J connectivity index is 1.74. The van der Waals surface area contributed by atoms with Crippen LogP contribution in [0.25, 0.3) is 10.8 Å². The zero-order chi connectivity index (χ0) is 22.6. The van der Waals surface area contributed by atoms with Crippen molar-refractivity contribution in [3.8, 4) is 11.5 Å². The predicted molar refractivity (Wildman–Crippen MR) is 134 cm³/mol. The van der Waals surface area contributed by atoms with E-state index in [1.54, 1.807) is 6.20 Å². The van der Waals surface area contributed by atoms with Gasteiger partial charge in [-0.1, -0.05) is 72.2 Å². The van der Waals surface area contributed by atoms with Crippen LogP contribution in [0.2, 0.25) is 16.6 Å². The molecule has 3 nitrogen and oxygen atoms in total. The summed E-state index contributed by atoms with van der Waals surface area (Å²) in [7, 11) is -1.71. The van der Waals surface area contributed by atoms with Crippen LogP contribution in [0, 0.1) is 17.4 Å². The normalized spacial score (nSPS) is 19.5.